The molecule has 0 bridgehead atoms. The molecule has 3 heterocycles. The van der Waals surface area contributed by atoms with Crippen molar-refractivity contribution in [1.82, 2.24) is 4.98 Å². The van der Waals surface area contributed by atoms with Crippen molar-refractivity contribution in [3.05, 3.63) is 143 Å². The first-order chi connectivity index (χ1) is 22.4. The summed E-state index contributed by atoms with van der Waals surface area (Å²) in [7, 11) is 0. The fraction of sp³-hybridized carbons (Fsp3) is 0.286. The van der Waals surface area contributed by atoms with Gasteiger partial charge in [-0.05, 0) is 43.0 Å². The molecular formula is C42H41N3O2Pt. The van der Waals surface area contributed by atoms with E-state index in [9.17, 15) is 0 Å². The second-order valence-corrected chi connectivity index (χ2v) is 14.0. The summed E-state index contributed by atoms with van der Waals surface area (Å²) in [6.07, 6.45) is 1.85. The number of benzene rings is 4. The van der Waals surface area contributed by atoms with E-state index in [1.807, 2.05) is 30.5 Å². The summed E-state index contributed by atoms with van der Waals surface area (Å²) < 4.78 is 13.4. The maximum atomic E-state index is 6.80. The van der Waals surface area contributed by atoms with Gasteiger partial charge in [-0.3, -0.25) is 4.99 Å². The Balaban J connectivity index is 0.00000401. The van der Waals surface area contributed by atoms with Crippen molar-refractivity contribution in [2.24, 2.45) is 10.9 Å². The molecule has 2 atom stereocenters. The van der Waals surface area contributed by atoms with E-state index in [2.05, 4.69) is 139 Å². The number of para-hydroxylation sites is 1. The Hall–Kier alpha value is -4.21. The molecule has 0 aliphatic carbocycles. The zero-order valence-electron chi connectivity index (χ0n) is 28.8. The summed E-state index contributed by atoms with van der Waals surface area (Å²) in [5.74, 6) is 2.89. The molecule has 0 fully saturated rings. The number of ether oxygens (including phenoxy) is 2. The van der Waals surface area contributed by atoms with Gasteiger partial charge in [-0.25, -0.2) is 4.98 Å². The van der Waals surface area contributed by atoms with Crippen LogP contribution < -0.4 is 9.64 Å². The van der Waals surface area contributed by atoms with Crippen molar-refractivity contribution < 1.29 is 30.5 Å². The van der Waals surface area contributed by atoms with Gasteiger partial charge in [0.25, 0.3) is 0 Å². The van der Waals surface area contributed by atoms with E-state index in [1.165, 1.54) is 11.1 Å². The molecule has 0 saturated heterocycles. The largest absolute Gasteiger partial charge is 2.00 e. The Morgan fingerprint density at radius 1 is 0.771 bits per heavy atom. The number of anilines is 3. The molecule has 6 heteroatoms. The number of fused-ring (bicyclic) bond motifs is 2. The van der Waals surface area contributed by atoms with Crippen molar-refractivity contribution in [2.75, 3.05) is 4.90 Å². The first-order valence-corrected chi connectivity index (χ1v) is 16.4. The molecular weight excluding hydrogens is 774 g/mol. The minimum Gasteiger partial charge on any atom is -0.508 e. The van der Waals surface area contributed by atoms with Crippen LogP contribution in [0.2, 0.25) is 0 Å². The summed E-state index contributed by atoms with van der Waals surface area (Å²) in [5.41, 5.74) is 6.99. The van der Waals surface area contributed by atoms with E-state index in [4.69, 9.17) is 19.5 Å². The van der Waals surface area contributed by atoms with E-state index in [1.54, 1.807) is 0 Å². The van der Waals surface area contributed by atoms with E-state index in [0.717, 1.165) is 39.4 Å². The average Bonchev–Trinajstić information content (AvgIpc) is 3.34. The number of nitrogens with zero attached hydrogens (tertiary/aromatic N) is 3. The molecule has 0 amide bonds. The molecule has 4 aromatic carbocycles. The van der Waals surface area contributed by atoms with Crippen LogP contribution in [0.5, 0.6) is 11.5 Å². The summed E-state index contributed by atoms with van der Waals surface area (Å²) in [4.78, 5) is 12.3. The molecule has 0 saturated carbocycles. The van der Waals surface area contributed by atoms with Gasteiger partial charge in [0.15, 0.2) is 0 Å². The minimum atomic E-state index is -0.640. The normalized spacial score (nSPS) is 20.7. The number of aliphatic imine (C=N–C) groups is 1. The Bertz CT molecular complexity index is 1970. The number of aromatic nitrogens is 1. The van der Waals surface area contributed by atoms with E-state index in [0.29, 0.717) is 17.4 Å². The number of aryl methyl sites for hydroxylation is 2. The molecule has 2 aliphatic rings. The summed E-state index contributed by atoms with van der Waals surface area (Å²) in [5, 5.41) is 0. The number of hydrogen-bond acceptors (Lipinski definition) is 5. The van der Waals surface area contributed by atoms with Gasteiger partial charge in [0.1, 0.15) is 17.3 Å². The Labute approximate surface area is 299 Å². The molecule has 5 aromatic rings. The van der Waals surface area contributed by atoms with Crippen LogP contribution in [-0.4, -0.2) is 16.4 Å². The van der Waals surface area contributed by atoms with Crippen LogP contribution in [-0.2, 0) is 36.8 Å². The molecule has 1 aromatic heterocycles. The van der Waals surface area contributed by atoms with Gasteiger partial charge in [-0.2, -0.15) is 5.56 Å². The number of hydrogen-bond donors (Lipinski definition) is 0. The fourth-order valence-corrected chi connectivity index (χ4v) is 7.11. The van der Waals surface area contributed by atoms with Crippen molar-refractivity contribution in [3.63, 3.8) is 0 Å². The molecule has 0 radical (unpaired) electrons. The van der Waals surface area contributed by atoms with Crippen LogP contribution in [0.15, 0.2) is 102 Å². The predicted molar refractivity (Wildman–Crippen MR) is 189 cm³/mol. The van der Waals surface area contributed by atoms with E-state index < -0.39 is 11.1 Å². The zero-order valence-corrected chi connectivity index (χ0v) is 31.1. The van der Waals surface area contributed by atoms with Crippen LogP contribution in [0.25, 0.3) is 0 Å². The standard InChI is InChI=1S/C42H41N3O2.Pt/c1-27(2)41(7)42(8,31-15-10-9-11-16-31)47-39(44-41)30-21-28(3)23-33(25-30)46-34-24-29(4)22-32(26-34)45-37-19-13-12-17-35(37)40(5,6)36-18-14-20-43-38(36)45;/h9-24,27H,1-8H3;/q-2;+2/t41-,42-;/m1./s1. The quantitative estimate of drug-likeness (QED) is 0.160. The minimum absolute atomic E-state index is 0. The third kappa shape index (κ3) is 5.47. The first kappa shape index (κ1) is 33.7. The SMILES string of the molecule is Cc1cc(Oc2[c-]c(N3c4ccccc4C(C)(C)c4cccnc43)cc(C)c2)[c-]c(C2=N[C@](C)(C(C)C)[C@@](C)(c3ccccc3)O2)c1.[Pt+2]. The first-order valence-electron chi connectivity index (χ1n) is 16.4. The summed E-state index contributed by atoms with van der Waals surface area (Å²) in [6, 6.07) is 38.3. The van der Waals surface area contributed by atoms with Crippen molar-refractivity contribution in [1.29, 1.82) is 0 Å². The second-order valence-electron chi connectivity index (χ2n) is 14.0. The van der Waals surface area contributed by atoms with Crippen LogP contribution in [0, 0.1) is 31.9 Å². The molecule has 0 spiro atoms. The average molecular weight is 815 g/mol. The van der Waals surface area contributed by atoms with Crippen LogP contribution >= 0.6 is 0 Å². The Kier molecular flexibility index (Phi) is 8.66. The predicted octanol–water partition coefficient (Wildman–Crippen LogP) is 10.3. The Morgan fingerprint density at radius 3 is 2.15 bits per heavy atom. The molecule has 5 nitrogen and oxygen atoms in total. The van der Waals surface area contributed by atoms with Gasteiger partial charge < -0.3 is 14.4 Å². The zero-order chi connectivity index (χ0) is 33.1. The number of rotatable bonds is 6. The van der Waals surface area contributed by atoms with Gasteiger partial charge >= 0.3 is 21.1 Å². The smallest absolute Gasteiger partial charge is 0.508 e. The van der Waals surface area contributed by atoms with Crippen LogP contribution in [0.3, 0.4) is 0 Å². The molecule has 7 rings (SSSR count). The third-order valence-corrected chi connectivity index (χ3v) is 10.2. The maximum absolute atomic E-state index is 6.80. The van der Waals surface area contributed by atoms with Gasteiger partial charge in [-0.1, -0.05) is 120 Å². The van der Waals surface area contributed by atoms with Gasteiger partial charge in [0, 0.05) is 34.4 Å². The van der Waals surface area contributed by atoms with Crippen LogP contribution in [0.4, 0.5) is 17.2 Å². The van der Waals surface area contributed by atoms with Crippen molar-refractivity contribution in [3.8, 4) is 11.5 Å². The van der Waals surface area contributed by atoms with Gasteiger partial charge in [0.2, 0.25) is 0 Å². The molecule has 2 aliphatic heterocycles. The monoisotopic (exact) mass is 814 g/mol. The van der Waals surface area contributed by atoms with Gasteiger partial charge in [0.05, 0.1) is 5.54 Å². The fourth-order valence-electron chi connectivity index (χ4n) is 7.11. The maximum Gasteiger partial charge on any atom is 2.00 e. The van der Waals surface area contributed by atoms with E-state index in [-0.39, 0.29) is 32.4 Å². The Morgan fingerprint density at radius 2 is 1.42 bits per heavy atom. The van der Waals surface area contributed by atoms with Crippen molar-refractivity contribution >= 4 is 23.1 Å². The molecule has 48 heavy (non-hydrogen) atoms. The van der Waals surface area contributed by atoms with Crippen LogP contribution in [0.1, 0.15) is 74.9 Å². The van der Waals surface area contributed by atoms with Crippen molar-refractivity contribution in [2.45, 2.75) is 71.9 Å². The third-order valence-electron chi connectivity index (χ3n) is 10.2. The summed E-state index contributed by atoms with van der Waals surface area (Å²) >= 11 is 0. The summed E-state index contributed by atoms with van der Waals surface area (Å²) in [6.45, 7) is 17.4. The number of pyridine rings is 1. The molecule has 0 N–H and O–H groups in total. The van der Waals surface area contributed by atoms with E-state index >= 15 is 0 Å². The topological polar surface area (TPSA) is 47.0 Å². The molecule has 0 unspecified atom stereocenters. The molecule has 246 valence electrons. The van der Waals surface area contributed by atoms with Gasteiger partial charge in [-0.15, -0.1) is 29.8 Å². The second kappa shape index (κ2) is 12.3.